The van der Waals surface area contributed by atoms with Crippen molar-refractivity contribution < 1.29 is 9.90 Å². The fourth-order valence-electron chi connectivity index (χ4n) is 1.02. The van der Waals surface area contributed by atoms with Crippen LogP contribution in [-0.2, 0) is 4.79 Å². The van der Waals surface area contributed by atoms with E-state index in [0.717, 1.165) is 4.47 Å². The number of nitroso groups, excluding NO2 is 1. The number of allylic oxidation sites excluding steroid dienone is 1. The van der Waals surface area contributed by atoms with Crippen molar-refractivity contribution in [2.45, 2.75) is 6.92 Å². The van der Waals surface area contributed by atoms with Crippen molar-refractivity contribution in [3.8, 4) is 0 Å². The average molecular weight is 270 g/mol. The molecule has 0 saturated carbocycles. The standard InChI is InChI=1S/C10H8BrNO3/c1-6(13)9(12-15)10(14)7-2-4-8(11)5-3-7/h2-5,14H,1H3/b10-9+. The Morgan fingerprint density at radius 3 is 2.27 bits per heavy atom. The number of aliphatic hydroxyl groups is 1. The molecule has 1 N–H and O–H groups in total. The molecule has 0 radical (unpaired) electrons. The van der Waals surface area contributed by atoms with Crippen LogP contribution in [0.4, 0.5) is 0 Å². The number of carbonyl (C=O) groups is 1. The van der Waals surface area contributed by atoms with Crippen molar-refractivity contribution >= 4 is 27.5 Å². The summed E-state index contributed by atoms with van der Waals surface area (Å²) in [5.74, 6) is -0.963. The molecule has 0 heterocycles. The van der Waals surface area contributed by atoms with Crippen LogP contribution in [0, 0.1) is 4.91 Å². The zero-order chi connectivity index (χ0) is 11.4. The molecule has 0 atom stereocenters. The van der Waals surface area contributed by atoms with Gasteiger partial charge in [0, 0.05) is 17.0 Å². The number of ketones is 1. The molecule has 0 aliphatic rings. The van der Waals surface area contributed by atoms with E-state index in [2.05, 4.69) is 21.1 Å². The monoisotopic (exact) mass is 269 g/mol. The van der Waals surface area contributed by atoms with Crippen LogP contribution in [-0.4, -0.2) is 10.9 Å². The molecule has 4 nitrogen and oxygen atoms in total. The van der Waals surface area contributed by atoms with E-state index in [1.54, 1.807) is 24.3 Å². The maximum Gasteiger partial charge on any atom is 0.192 e. The lowest BCUT2D eigenvalue weighted by molar-refractivity contribution is -0.113. The third-order valence-electron chi connectivity index (χ3n) is 1.77. The minimum Gasteiger partial charge on any atom is -0.505 e. The Balaban J connectivity index is 3.22. The highest BCUT2D eigenvalue weighted by molar-refractivity contribution is 9.10. The van der Waals surface area contributed by atoms with Gasteiger partial charge in [0.2, 0.25) is 0 Å². The predicted octanol–water partition coefficient (Wildman–Crippen LogP) is 3.03. The molecule has 0 aliphatic carbocycles. The summed E-state index contributed by atoms with van der Waals surface area (Å²) in [6, 6.07) is 6.53. The number of nitrogens with zero attached hydrogens (tertiary/aromatic N) is 1. The van der Waals surface area contributed by atoms with E-state index < -0.39 is 17.2 Å². The maximum absolute atomic E-state index is 10.9. The van der Waals surface area contributed by atoms with Crippen LogP contribution in [0.3, 0.4) is 0 Å². The molecule has 0 amide bonds. The normalized spacial score (nSPS) is 11.9. The second-order valence-corrected chi connectivity index (χ2v) is 3.77. The number of Topliss-reactive ketones (excluding diaryl/α,β-unsaturated/α-hetero) is 1. The molecule has 0 unspecified atom stereocenters. The van der Waals surface area contributed by atoms with E-state index in [1.807, 2.05) is 0 Å². The first-order valence-corrected chi connectivity index (χ1v) is 4.89. The number of hydrogen-bond donors (Lipinski definition) is 1. The Kier molecular flexibility index (Phi) is 3.74. The van der Waals surface area contributed by atoms with Crippen molar-refractivity contribution in [2.75, 3.05) is 0 Å². The Labute approximate surface area is 94.7 Å². The van der Waals surface area contributed by atoms with E-state index in [-0.39, 0.29) is 0 Å². The van der Waals surface area contributed by atoms with Gasteiger partial charge in [-0.2, -0.15) is 0 Å². The van der Waals surface area contributed by atoms with Gasteiger partial charge in [0.1, 0.15) is 0 Å². The molecule has 0 saturated heterocycles. The van der Waals surface area contributed by atoms with Gasteiger partial charge in [0.25, 0.3) is 0 Å². The van der Waals surface area contributed by atoms with Gasteiger partial charge >= 0.3 is 0 Å². The highest BCUT2D eigenvalue weighted by atomic mass is 79.9. The van der Waals surface area contributed by atoms with Crippen molar-refractivity contribution in [2.24, 2.45) is 5.18 Å². The first-order chi connectivity index (χ1) is 7.06. The van der Waals surface area contributed by atoms with Crippen molar-refractivity contribution in [3.05, 3.63) is 44.9 Å². The first kappa shape index (κ1) is 11.6. The summed E-state index contributed by atoms with van der Waals surface area (Å²) in [5.41, 5.74) is -0.0830. The summed E-state index contributed by atoms with van der Waals surface area (Å²) >= 11 is 3.23. The Hall–Kier alpha value is -1.49. The van der Waals surface area contributed by atoms with Crippen molar-refractivity contribution in [3.63, 3.8) is 0 Å². The smallest absolute Gasteiger partial charge is 0.192 e. The zero-order valence-corrected chi connectivity index (χ0v) is 9.48. The van der Waals surface area contributed by atoms with Gasteiger partial charge in [-0.05, 0) is 17.3 Å². The van der Waals surface area contributed by atoms with E-state index in [0.29, 0.717) is 5.56 Å². The number of rotatable bonds is 3. The van der Waals surface area contributed by atoms with Gasteiger partial charge < -0.3 is 5.11 Å². The molecule has 15 heavy (non-hydrogen) atoms. The van der Waals surface area contributed by atoms with Gasteiger partial charge in [0.15, 0.2) is 17.2 Å². The van der Waals surface area contributed by atoms with E-state index in [9.17, 15) is 14.8 Å². The molecule has 1 aromatic carbocycles. The molecule has 1 aromatic rings. The van der Waals surface area contributed by atoms with Gasteiger partial charge in [-0.15, -0.1) is 4.91 Å². The van der Waals surface area contributed by atoms with E-state index in [1.165, 1.54) is 6.92 Å². The molecular formula is C10H8BrNO3. The van der Waals surface area contributed by atoms with Crippen LogP contribution in [0.1, 0.15) is 12.5 Å². The van der Waals surface area contributed by atoms with Gasteiger partial charge in [-0.1, -0.05) is 28.1 Å². The third-order valence-corrected chi connectivity index (χ3v) is 2.30. The van der Waals surface area contributed by atoms with Crippen molar-refractivity contribution in [1.29, 1.82) is 0 Å². The lowest BCUT2D eigenvalue weighted by Crippen LogP contribution is -1.98. The summed E-state index contributed by atoms with van der Waals surface area (Å²) in [6.07, 6.45) is 0. The lowest BCUT2D eigenvalue weighted by Gasteiger charge is -2.01. The minimum absolute atomic E-state index is 0.378. The summed E-state index contributed by atoms with van der Waals surface area (Å²) in [5, 5.41) is 12.1. The average Bonchev–Trinajstić information content (AvgIpc) is 2.19. The van der Waals surface area contributed by atoms with Gasteiger partial charge in [-0.3, -0.25) is 4.79 Å². The van der Waals surface area contributed by atoms with Crippen molar-refractivity contribution in [1.82, 2.24) is 0 Å². The molecule has 0 aliphatic heterocycles. The fourth-order valence-corrected chi connectivity index (χ4v) is 1.28. The minimum atomic E-state index is -0.564. The third kappa shape index (κ3) is 2.73. The molecular weight excluding hydrogens is 262 g/mol. The lowest BCUT2D eigenvalue weighted by atomic mass is 10.1. The van der Waals surface area contributed by atoms with Crippen LogP contribution in [0.2, 0.25) is 0 Å². The number of hydrogen-bond acceptors (Lipinski definition) is 4. The highest BCUT2D eigenvalue weighted by Gasteiger charge is 2.13. The number of benzene rings is 1. The summed E-state index contributed by atoms with van der Waals surface area (Å²) in [4.78, 5) is 21.3. The van der Waals surface area contributed by atoms with E-state index >= 15 is 0 Å². The number of carbonyl (C=O) groups excluding carboxylic acids is 1. The summed E-state index contributed by atoms with van der Waals surface area (Å²) in [6.45, 7) is 1.17. The zero-order valence-electron chi connectivity index (χ0n) is 7.90. The molecule has 1 rings (SSSR count). The molecule has 5 heteroatoms. The second kappa shape index (κ2) is 4.84. The van der Waals surface area contributed by atoms with Crippen LogP contribution in [0.15, 0.2) is 39.6 Å². The largest absolute Gasteiger partial charge is 0.505 e. The van der Waals surface area contributed by atoms with Crippen LogP contribution >= 0.6 is 15.9 Å². The Bertz CT molecular complexity index is 423. The summed E-state index contributed by atoms with van der Waals surface area (Å²) < 4.78 is 0.836. The molecule has 0 aromatic heterocycles. The summed E-state index contributed by atoms with van der Waals surface area (Å²) in [7, 11) is 0. The Morgan fingerprint density at radius 1 is 1.33 bits per heavy atom. The fraction of sp³-hybridized carbons (Fsp3) is 0.100. The number of halogens is 1. The second-order valence-electron chi connectivity index (χ2n) is 2.85. The topological polar surface area (TPSA) is 66.7 Å². The highest BCUT2D eigenvalue weighted by Crippen LogP contribution is 2.19. The maximum atomic E-state index is 10.9. The molecule has 0 spiro atoms. The van der Waals surface area contributed by atoms with Crippen LogP contribution in [0.5, 0.6) is 0 Å². The quantitative estimate of drug-likeness (QED) is 0.521. The predicted molar refractivity (Wildman–Crippen MR) is 60.2 cm³/mol. The number of aliphatic hydroxyl groups excluding tert-OH is 1. The van der Waals surface area contributed by atoms with Crippen LogP contribution in [0.25, 0.3) is 5.76 Å². The first-order valence-electron chi connectivity index (χ1n) is 4.09. The van der Waals surface area contributed by atoms with Gasteiger partial charge in [0.05, 0.1) is 0 Å². The van der Waals surface area contributed by atoms with Gasteiger partial charge in [-0.25, -0.2) is 0 Å². The van der Waals surface area contributed by atoms with Crippen LogP contribution < -0.4 is 0 Å². The SMILES string of the molecule is CC(=O)/C(N=O)=C(\O)c1ccc(Br)cc1. The molecule has 78 valence electrons. The van der Waals surface area contributed by atoms with E-state index in [4.69, 9.17) is 0 Å². The Morgan fingerprint density at radius 2 is 1.87 bits per heavy atom. The molecule has 0 bridgehead atoms. The molecule has 0 fully saturated rings.